The third kappa shape index (κ3) is 2.82. The number of hydrogen-bond donors (Lipinski definition) is 2. The maximum absolute atomic E-state index is 9.66. The molecule has 80 valence electrons. The normalized spacial score (nSPS) is 14.4. The zero-order valence-electron chi connectivity index (χ0n) is 9.28. The van der Waals surface area contributed by atoms with Crippen molar-refractivity contribution < 1.29 is 5.11 Å². The van der Waals surface area contributed by atoms with Gasteiger partial charge >= 0.3 is 0 Å². The minimum atomic E-state index is -0.722. The van der Waals surface area contributed by atoms with Gasteiger partial charge in [0.1, 0.15) is 5.82 Å². The Morgan fingerprint density at radius 2 is 2.21 bits per heavy atom. The highest BCUT2D eigenvalue weighted by molar-refractivity contribution is 5.07. The first-order valence-corrected chi connectivity index (χ1v) is 4.81. The molecule has 1 atom stereocenters. The second-order valence-electron chi connectivity index (χ2n) is 4.44. The van der Waals surface area contributed by atoms with Gasteiger partial charge in [-0.25, -0.2) is 4.98 Å². The average molecular weight is 197 g/mol. The lowest BCUT2D eigenvalue weighted by molar-refractivity contribution is 0.0608. The van der Waals surface area contributed by atoms with Crippen LogP contribution in [-0.2, 0) is 6.54 Å². The summed E-state index contributed by atoms with van der Waals surface area (Å²) in [5, 5.41) is 9.66. The van der Waals surface area contributed by atoms with Gasteiger partial charge in [0.15, 0.2) is 0 Å². The van der Waals surface area contributed by atoms with E-state index >= 15 is 0 Å². The van der Waals surface area contributed by atoms with Gasteiger partial charge in [-0.2, -0.15) is 0 Å². The summed E-state index contributed by atoms with van der Waals surface area (Å²) >= 11 is 0. The van der Waals surface area contributed by atoms with Crippen molar-refractivity contribution in [3.05, 3.63) is 17.7 Å². The fourth-order valence-electron chi connectivity index (χ4n) is 1.33. The van der Waals surface area contributed by atoms with Crippen molar-refractivity contribution in [1.29, 1.82) is 0 Å². The molecule has 0 spiro atoms. The first-order chi connectivity index (χ1) is 6.29. The number of rotatable bonds is 3. The first-order valence-electron chi connectivity index (χ1n) is 4.81. The number of imidazole rings is 1. The van der Waals surface area contributed by atoms with Crippen molar-refractivity contribution in [2.24, 2.45) is 5.73 Å². The zero-order chi connectivity index (χ0) is 10.9. The largest absolute Gasteiger partial charge is 0.389 e. The molecule has 4 nitrogen and oxygen atoms in total. The number of nitrogens with zero attached hydrogens (tertiary/aromatic N) is 2. The SMILES string of the molecule is Cc1nc(C(C)N)cn1CC(C)(C)O. The molecule has 1 unspecified atom stereocenters. The third-order valence-corrected chi connectivity index (χ3v) is 2.02. The van der Waals surface area contributed by atoms with Crippen LogP contribution in [0, 0.1) is 6.92 Å². The van der Waals surface area contributed by atoms with Crippen molar-refractivity contribution in [2.75, 3.05) is 0 Å². The van der Waals surface area contributed by atoms with Gasteiger partial charge < -0.3 is 15.4 Å². The number of aryl methyl sites for hydroxylation is 1. The van der Waals surface area contributed by atoms with E-state index in [1.54, 1.807) is 13.8 Å². The van der Waals surface area contributed by atoms with Crippen LogP contribution in [0.4, 0.5) is 0 Å². The van der Waals surface area contributed by atoms with E-state index in [4.69, 9.17) is 5.73 Å². The number of hydrogen-bond acceptors (Lipinski definition) is 3. The predicted octanol–water partition coefficient (Wildman–Crippen LogP) is 0.982. The van der Waals surface area contributed by atoms with Gasteiger partial charge in [-0.05, 0) is 27.7 Å². The molecule has 4 heteroatoms. The standard InChI is InChI=1S/C10H19N3O/c1-7(11)9-5-13(8(2)12-9)6-10(3,4)14/h5,7,14H,6,11H2,1-4H3. The molecule has 0 aromatic carbocycles. The molecule has 14 heavy (non-hydrogen) atoms. The highest BCUT2D eigenvalue weighted by Crippen LogP contribution is 2.13. The minimum Gasteiger partial charge on any atom is -0.389 e. The maximum Gasteiger partial charge on any atom is 0.105 e. The molecule has 0 aliphatic carbocycles. The van der Waals surface area contributed by atoms with Crippen LogP contribution in [0.1, 0.15) is 38.3 Å². The van der Waals surface area contributed by atoms with E-state index in [1.807, 2.05) is 24.6 Å². The van der Waals surface area contributed by atoms with Crippen LogP contribution in [0.3, 0.4) is 0 Å². The lowest BCUT2D eigenvalue weighted by Gasteiger charge is -2.18. The Morgan fingerprint density at radius 1 is 1.64 bits per heavy atom. The number of nitrogens with two attached hydrogens (primary N) is 1. The topological polar surface area (TPSA) is 64.1 Å². The van der Waals surface area contributed by atoms with Gasteiger partial charge in [0.25, 0.3) is 0 Å². The van der Waals surface area contributed by atoms with E-state index in [2.05, 4.69) is 4.98 Å². The van der Waals surface area contributed by atoms with Gasteiger partial charge in [-0.15, -0.1) is 0 Å². The first kappa shape index (κ1) is 11.2. The zero-order valence-corrected chi connectivity index (χ0v) is 9.28. The summed E-state index contributed by atoms with van der Waals surface area (Å²) in [5.41, 5.74) is 5.87. The summed E-state index contributed by atoms with van der Waals surface area (Å²) < 4.78 is 1.93. The Kier molecular flexibility index (Phi) is 2.97. The molecular formula is C10H19N3O. The second-order valence-corrected chi connectivity index (χ2v) is 4.44. The maximum atomic E-state index is 9.66. The van der Waals surface area contributed by atoms with Gasteiger partial charge in [-0.3, -0.25) is 0 Å². The summed E-state index contributed by atoms with van der Waals surface area (Å²) in [5.74, 6) is 0.888. The number of aliphatic hydroxyl groups is 1. The highest BCUT2D eigenvalue weighted by Gasteiger charge is 2.16. The van der Waals surface area contributed by atoms with Crippen LogP contribution >= 0.6 is 0 Å². The van der Waals surface area contributed by atoms with Crippen LogP contribution in [0.2, 0.25) is 0 Å². The predicted molar refractivity (Wildman–Crippen MR) is 55.9 cm³/mol. The van der Waals surface area contributed by atoms with Crippen LogP contribution in [0.15, 0.2) is 6.20 Å². The van der Waals surface area contributed by atoms with Crippen LogP contribution in [-0.4, -0.2) is 20.3 Å². The molecule has 0 amide bonds. The molecule has 0 bridgehead atoms. The van der Waals surface area contributed by atoms with Crippen LogP contribution in [0.5, 0.6) is 0 Å². The molecule has 1 heterocycles. The van der Waals surface area contributed by atoms with Crippen LogP contribution in [0.25, 0.3) is 0 Å². The van der Waals surface area contributed by atoms with Crippen molar-refractivity contribution in [3.63, 3.8) is 0 Å². The van der Waals surface area contributed by atoms with Gasteiger partial charge in [0.05, 0.1) is 17.8 Å². The molecule has 1 aromatic rings. The average Bonchev–Trinajstić information content (AvgIpc) is 2.29. The molecule has 0 radical (unpaired) electrons. The van der Waals surface area contributed by atoms with E-state index in [0.29, 0.717) is 6.54 Å². The summed E-state index contributed by atoms with van der Waals surface area (Å²) in [6, 6.07) is -0.0586. The fourth-order valence-corrected chi connectivity index (χ4v) is 1.33. The Hall–Kier alpha value is -0.870. The van der Waals surface area contributed by atoms with Gasteiger partial charge in [0, 0.05) is 12.2 Å². The summed E-state index contributed by atoms with van der Waals surface area (Å²) in [6.45, 7) is 7.91. The third-order valence-electron chi connectivity index (χ3n) is 2.02. The Labute approximate surface area is 84.8 Å². The smallest absolute Gasteiger partial charge is 0.105 e. The Morgan fingerprint density at radius 3 is 2.57 bits per heavy atom. The van der Waals surface area contributed by atoms with E-state index in [0.717, 1.165) is 11.5 Å². The fraction of sp³-hybridized carbons (Fsp3) is 0.700. The second kappa shape index (κ2) is 3.71. The summed E-state index contributed by atoms with van der Waals surface area (Å²) in [6.07, 6.45) is 1.90. The molecule has 1 aromatic heterocycles. The van der Waals surface area contributed by atoms with E-state index in [-0.39, 0.29) is 6.04 Å². The van der Waals surface area contributed by atoms with Gasteiger partial charge in [0.2, 0.25) is 0 Å². The van der Waals surface area contributed by atoms with E-state index in [9.17, 15) is 5.11 Å². The molecule has 0 saturated heterocycles. The van der Waals surface area contributed by atoms with E-state index < -0.39 is 5.60 Å². The van der Waals surface area contributed by atoms with E-state index in [1.165, 1.54) is 0 Å². The molecule has 0 saturated carbocycles. The summed E-state index contributed by atoms with van der Waals surface area (Å²) in [7, 11) is 0. The number of aromatic nitrogens is 2. The monoisotopic (exact) mass is 197 g/mol. The van der Waals surface area contributed by atoms with Crippen molar-refractivity contribution in [3.8, 4) is 0 Å². The molecule has 3 N–H and O–H groups in total. The quantitative estimate of drug-likeness (QED) is 0.759. The lowest BCUT2D eigenvalue weighted by atomic mass is 10.1. The van der Waals surface area contributed by atoms with Crippen molar-refractivity contribution >= 4 is 0 Å². The van der Waals surface area contributed by atoms with Crippen molar-refractivity contribution in [2.45, 2.75) is 45.9 Å². The summed E-state index contributed by atoms with van der Waals surface area (Å²) in [4.78, 5) is 4.32. The van der Waals surface area contributed by atoms with Crippen molar-refractivity contribution in [1.82, 2.24) is 9.55 Å². The molecule has 1 rings (SSSR count). The highest BCUT2D eigenvalue weighted by atomic mass is 16.3. The van der Waals surface area contributed by atoms with Crippen LogP contribution < -0.4 is 5.73 Å². The molecule has 0 aliphatic heterocycles. The lowest BCUT2D eigenvalue weighted by Crippen LogP contribution is -2.26. The Bertz CT molecular complexity index is 310. The minimum absolute atomic E-state index is 0.0586. The molecule has 0 fully saturated rings. The van der Waals surface area contributed by atoms with Gasteiger partial charge in [-0.1, -0.05) is 0 Å². The molecular weight excluding hydrogens is 178 g/mol. The Balaban J connectivity index is 2.88. The molecule has 0 aliphatic rings.